The minimum atomic E-state index is -3.23. The molecule has 0 atom stereocenters. The molecule has 0 bridgehead atoms. The maximum absolute atomic E-state index is 11.4. The SMILES string of the molecule is CCCS(=O)(=O)Nc1cccnc1Br. The van der Waals surface area contributed by atoms with E-state index in [0.717, 1.165) is 0 Å². The van der Waals surface area contributed by atoms with E-state index >= 15 is 0 Å². The lowest BCUT2D eigenvalue weighted by molar-refractivity contribution is 0.600. The minimum Gasteiger partial charge on any atom is -0.281 e. The maximum Gasteiger partial charge on any atom is 0.232 e. The summed E-state index contributed by atoms with van der Waals surface area (Å²) in [5.74, 6) is 0.119. The highest BCUT2D eigenvalue weighted by Gasteiger charge is 2.10. The van der Waals surface area contributed by atoms with Gasteiger partial charge in [-0.05, 0) is 34.5 Å². The molecule has 0 saturated heterocycles. The molecule has 0 aliphatic rings. The Hall–Kier alpha value is -0.620. The Bertz CT molecular complexity index is 406. The molecule has 0 saturated carbocycles. The van der Waals surface area contributed by atoms with Gasteiger partial charge in [0.25, 0.3) is 0 Å². The topological polar surface area (TPSA) is 59.1 Å². The molecule has 78 valence electrons. The number of aromatic nitrogens is 1. The van der Waals surface area contributed by atoms with Crippen molar-refractivity contribution in [3.8, 4) is 0 Å². The fourth-order valence-electron chi connectivity index (χ4n) is 0.949. The van der Waals surface area contributed by atoms with Crippen molar-refractivity contribution in [1.29, 1.82) is 0 Å². The number of anilines is 1. The van der Waals surface area contributed by atoms with Crippen LogP contribution in [0.3, 0.4) is 0 Å². The van der Waals surface area contributed by atoms with E-state index in [-0.39, 0.29) is 5.75 Å². The first-order valence-electron chi connectivity index (χ1n) is 4.16. The second kappa shape index (κ2) is 4.75. The minimum absolute atomic E-state index is 0.119. The number of hydrogen-bond donors (Lipinski definition) is 1. The fraction of sp³-hybridized carbons (Fsp3) is 0.375. The Labute approximate surface area is 91.9 Å². The van der Waals surface area contributed by atoms with Crippen molar-refractivity contribution in [3.05, 3.63) is 22.9 Å². The van der Waals surface area contributed by atoms with E-state index in [9.17, 15) is 8.42 Å². The Morgan fingerprint density at radius 1 is 1.57 bits per heavy atom. The van der Waals surface area contributed by atoms with Crippen molar-refractivity contribution in [2.45, 2.75) is 13.3 Å². The van der Waals surface area contributed by atoms with Crippen LogP contribution in [0.2, 0.25) is 0 Å². The predicted octanol–water partition coefficient (Wildman–Crippen LogP) is 2.00. The third-order valence-electron chi connectivity index (χ3n) is 1.50. The molecule has 1 rings (SSSR count). The molecule has 0 aromatic carbocycles. The summed E-state index contributed by atoms with van der Waals surface area (Å²) in [5.41, 5.74) is 0.473. The summed E-state index contributed by atoms with van der Waals surface area (Å²) in [7, 11) is -3.23. The van der Waals surface area contributed by atoms with Crippen molar-refractivity contribution in [3.63, 3.8) is 0 Å². The van der Waals surface area contributed by atoms with Gasteiger partial charge < -0.3 is 0 Å². The van der Waals surface area contributed by atoms with Crippen LogP contribution in [0.4, 0.5) is 5.69 Å². The highest BCUT2D eigenvalue weighted by Crippen LogP contribution is 2.19. The van der Waals surface area contributed by atoms with E-state index in [1.54, 1.807) is 18.3 Å². The van der Waals surface area contributed by atoms with Crippen molar-refractivity contribution >= 4 is 31.6 Å². The second-order valence-electron chi connectivity index (χ2n) is 2.76. The number of nitrogens with zero attached hydrogens (tertiary/aromatic N) is 1. The standard InChI is InChI=1S/C8H11BrN2O2S/c1-2-6-14(12,13)11-7-4-3-5-10-8(7)9/h3-5,11H,2,6H2,1H3. The van der Waals surface area contributed by atoms with E-state index in [4.69, 9.17) is 0 Å². The molecular weight excluding hydrogens is 268 g/mol. The number of pyridine rings is 1. The lowest BCUT2D eigenvalue weighted by Gasteiger charge is -2.07. The molecule has 0 unspecified atom stereocenters. The summed E-state index contributed by atoms with van der Waals surface area (Å²) in [5, 5.41) is 0. The van der Waals surface area contributed by atoms with Gasteiger partial charge in [-0.25, -0.2) is 13.4 Å². The zero-order valence-corrected chi connectivity index (χ0v) is 10.1. The van der Waals surface area contributed by atoms with Gasteiger partial charge in [0.1, 0.15) is 4.60 Å². The number of sulfonamides is 1. The van der Waals surface area contributed by atoms with Crippen molar-refractivity contribution in [2.75, 3.05) is 10.5 Å². The van der Waals surface area contributed by atoms with Crippen LogP contribution in [0.15, 0.2) is 22.9 Å². The lowest BCUT2D eigenvalue weighted by Crippen LogP contribution is -2.16. The van der Waals surface area contributed by atoms with Crippen LogP contribution in [-0.2, 0) is 10.0 Å². The first-order chi connectivity index (χ1) is 6.55. The molecule has 1 aromatic heterocycles. The molecule has 0 amide bonds. The molecular formula is C8H11BrN2O2S. The molecule has 0 aliphatic carbocycles. The summed E-state index contributed by atoms with van der Waals surface area (Å²) in [6.07, 6.45) is 2.18. The van der Waals surface area contributed by atoms with Gasteiger partial charge in [-0.1, -0.05) is 6.92 Å². The zero-order chi connectivity index (χ0) is 10.6. The van der Waals surface area contributed by atoms with Gasteiger partial charge in [0, 0.05) is 6.20 Å². The Morgan fingerprint density at radius 2 is 2.29 bits per heavy atom. The quantitative estimate of drug-likeness (QED) is 0.857. The van der Waals surface area contributed by atoms with Gasteiger partial charge in [0.15, 0.2) is 0 Å². The second-order valence-corrected chi connectivity index (χ2v) is 5.36. The zero-order valence-electron chi connectivity index (χ0n) is 7.70. The van der Waals surface area contributed by atoms with Crippen LogP contribution < -0.4 is 4.72 Å². The first-order valence-corrected chi connectivity index (χ1v) is 6.60. The van der Waals surface area contributed by atoms with Crippen LogP contribution in [-0.4, -0.2) is 19.2 Å². The molecule has 6 heteroatoms. The molecule has 14 heavy (non-hydrogen) atoms. The third-order valence-corrected chi connectivity index (χ3v) is 3.61. The smallest absolute Gasteiger partial charge is 0.232 e. The number of halogens is 1. The van der Waals surface area contributed by atoms with E-state index in [2.05, 4.69) is 25.6 Å². The number of nitrogens with one attached hydrogen (secondary N) is 1. The van der Waals surface area contributed by atoms with E-state index < -0.39 is 10.0 Å². The fourth-order valence-corrected chi connectivity index (χ4v) is 2.57. The Morgan fingerprint density at radius 3 is 2.86 bits per heavy atom. The third kappa shape index (κ3) is 3.26. The number of hydrogen-bond acceptors (Lipinski definition) is 3. The van der Waals surface area contributed by atoms with Crippen LogP contribution >= 0.6 is 15.9 Å². The van der Waals surface area contributed by atoms with Crippen LogP contribution in [0.1, 0.15) is 13.3 Å². The Balaban J connectivity index is 2.84. The van der Waals surface area contributed by atoms with Gasteiger partial charge in [-0.15, -0.1) is 0 Å². The average Bonchev–Trinajstić information content (AvgIpc) is 2.08. The van der Waals surface area contributed by atoms with Crippen molar-refractivity contribution in [1.82, 2.24) is 4.98 Å². The summed E-state index contributed by atoms with van der Waals surface area (Å²) in [4.78, 5) is 3.91. The molecule has 0 radical (unpaired) electrons. The predicted molar refractivity (Wildman–Crippen MR) is 59.6 cm³/mol. The number of rotatable bonds is 4. The molecule has 1 aromatic rings. The molecule has 0 aliphatic heterocycles. The largest absolute Gasteiger partial charge is 0.281 e. The molecule has 1 N–H and O–H groups in total. The summed E-state index contributed by atoms with van der Waals surface area (Å²) in [6, 6.07) is 3.33. The van der Waals surface area contributed by atoms with Crippen molar-refractivity contribution in [2.24, 2.45) is 0 Å². The van der Waals surface area contributed by atoms with Crippen molar-refractivity contribution < 1.29 is 8.42 Å². The summed E-state index contributed by atoms with van der Waals surface area (Å²) in [6.45, 7) is 1.82. The highest BCUT2D eigenvalue weighted by atomic mass is 79.9. The first kappa shape index (κ1) is 11.5. The Kier molecular flexibility index (Phi) is 3.88. The molecule has 0 spiro atoms. The van der Waals surface area contributed by atoms with Gasteiger partial charge in [0.05, 0.1) is 11.4 Å². The van der Waals surface area contributed by atoms with E-state index in [0.29, 0.717) is 16.7 Å². The van der Waals surface area contributed by atoms with Crippen LogP contribution in [0.25, 0.3) is 0 Å². The van der Waals surface area contributed by atoms with Gasteiger partial charge in [0.2, 0.25) is 10.0 Å². The lowest BCUT2D eigenvalue weighted by atomic mass is 10.4. The van der Waals surface area contributed by atoms with Crippen LogP contribution in [0, 0.1) is 0 Å². The van der Waals surface area contributed by atoms with E-state index in [1.807, 2.05) is 6.92 Å². The van der Waals surface area contributed by atoms with Gasteiger partial charge >= 0.3 is 0 Å². The average molecular weight is 279 g/mol. The maximum atomic E-state index is 11.4. The highest BCUT2D eigenvalue weighted by molar-refractivity contribution is 9.10. The molecule has 4 nitrogen and oxygen atoms in total. The van der Waals surface area contributed by atoms with Crippen LogP contribution in [0.5, 0.6) is 0 Å². The van der Waals surface area contributed by atoms with Gasteiger partial charge in [-0.3, -0.25) is 4.72 Å². The van der Waals surface area contributed by atoms with E-state index in [1.165, 1.54) is 0 Å². The monoisotopic (exact) mass is 278 g/mol. The molecule has 1 heterocycles. The summed E-state index contributed by atoms with van der Waals surface area (Å²) >= 11 is 3.16. The summed E-state index contributed by atoms with van der Waals surface area (Å²) < 4.78 is 25.7. The normalized spacial score (nSPS) is 11.3. The molecule has 0 fully saturated rings. The van der Waals surface area contributed by atoms with Gasteiger partial charge in [-0.2, -0.15) is 0 Å².